The van der Waals surface area contributed by atoms with Crippen molar-refractivity contribution in [2.45, 2.75) is 19.5 Å². The lowest BCUT2D eigenvalue weighted by Gasteiger charge is -2.28. The summed E-state index contributed by atoms with van der Waals surface area (Å²) in [5, 5.41) is 9.20. The fourth-order valence-electron chi connectivity index (χ4n) is 2.47. The fourth-order valence-corrected chi connectivity index (χ4v) is 2.47. The second-order valence-corrected chi connectivity index (χ2v) is 5.24. The van der Waals surface area contributed by atoms with E-state index in [-0.39, 0.29) is 6.61 Å². The summed E-state index contributed by atoms with van der Waals surface area (Å²) in [4.78, 5) is 0. The summed E-state index contributed by atoms with van der Waals surface area (Å²) >= 11 is 0. The summed E-state index contributed by atoms with van der Waals surface area (Å²) in [7, 11) is 1.64. The highest BCUT2D eigenvalue weighted by Crippen LogP contribution is 2.36. The molecule has 5 heteroatoms. The molecule has 0 aromatic heterocycles. The second-order valence-electron chi connectivity index (χ2n) is 5.24. The Morgan fingerprint density at radius 2 is 2.04 bits per heavy atom. The smallest absolute Gasteiger partial charge is 0.230 e. The SMILES string of the molecule is COCCOc1ccccc1C1OCc2cc(CO)ccc2O1. The van der Waals surface area contributed by atoms with E-state index in [4.69, 9.17) is 18.9 Å². The van der Waals surface area contributed by atoms with Crippen molar-refractivity contribution < 1.29 is 24.1 Å². The number of para-hydroxylation sites is 1. The molecule has 3 rings (SSSR count). The number of aliphatic hydroxyl groups excluding tert-OH is 1. The van der Waals surface area contributed by atoms with Crippen LogP contribution in [0, 0.1) is 0 Å². The molecule has 0 bridgehead atoms. The molecular weight excluding hydrogens is 296 g/mol. The van der Waals surface area contributed by atoms with Gasteiger partial charge in [0, 0.05) is 12.7 Å². The number of benzene rings is 2. The maximum Gasteiger partial charge on any atom is 0.230 e. The molecule has 0 spiro atoms. The van der Waals surface area contributed by atoms with Crippen LogP contribution in [0.25, 0.3) is 0 Å². The van der Waals surface area contributed by atoms with Gasteiger partial charge in [-0.05, 0) is 29.8 Å². The van der Waals surface area contributed by atoms with Crippen molar-refractivity contribution in [1.29, 1.82) is 0 Å². The summed E-state index contributed by atoms with van der Waals surface area (Å²) in [6, 6.07) is 13.3. The van der Waals surface area contributed by atoms with Crippen molar-refractivity contribution in [2.75, 3.05) is 20.3 Å². The highest BCUT2D eigenvalue weighted by molar-refractivity contribution is 5.40. The molecule has 0 radical (unpaired) electrons. The van der Waals surface area contributed by atoms with Crippen LogP contribution in [0.1, 0.15) is 23.0 Å². The number of aliphatic hydroxyl groups is 1. The second kappa shape index (κ2) is 7.46. The van der Waals surface area contributed by atoms with Crippen LogP contribution in [-0.4, -0.2) is 25.4 Å². The lowest BCUT2D eigenvalue weighted by Crippen LogP contribution is -2.19. The molecule has 1 aliphatic rings. The molecule has 1 N–H and O–H groups in total. The number of hydrogen-bond donors (Lipinski definition) is 1. The van der Waals surface area contributed by atoms with Crippen molar-refractivity contribution in [3.8, 4) is 11.5 Å². The summed E-state index contributed by atoms with van der Waals surface area (Å²) in [6.07, 6.45) is -0.513. The topological polar surface area (TPSA) is 57.2 Å². The molecule has 1 atom stereocenters. The van der Waals surface area contributed by atoms with Gasteiger partial charge in [0.2, 0.25) is 6.29 Å². The lowest BCUT2D eigenvalue weighted by molar-refractivity contribution is -0.112. The average molecular weight is 316 g/mol. The summed E-state index contributed by atoms with van der Waals surface area (Å²) < 4.78 is 22.5. The van der Waals surface area contributed by atoms with Crippen LogP contribution in [0.4, 0.5) is 0 Å². The molecule has 5 nitrogen and oxygen atoms in total. The van der Waals surface area contributed by atoms with E-state index in [0.717, 1.165) is 28.2 Å². The fraction of sp³-hybridized carbons (Fsp3) is 0.333. The highest BCUT2D eigenvalue weighted by atomic mass is 16.7. The van der Waals surface area contributed by atoms with E-state index in [1.54, 1.807) is 7.11 Å². The molecule has 2 aromatic carbocycles. The summed E-state index contributed by atoms with van der Waals surface area (Å²) in [6.45, 7) is 1.43. The molecule has 1 aliphatic heterocycles. The van der Waals surface area contributed by atoms with Crippen LogP contribution in [0.2, 0.25) is 0 Å². The average Bonchev–Trinajstić information content (AvgIpc) is 2.61. The van der Waals surface area contributed by atoms with Gasteiger partial charge >= 0.3 is 0 Å². The third-order valence-corrected chi connectivity index (χ3v) is 3.65. The molecule has 122 valence electrons. The van der Waals surface area contributed by atoms with Gasteiger partial charge < -0.3 is 24.1 Å². The van der Waals surface area contributed by atoms with E-state index in [2.05, 4.69) is 0 Å². The predicted molar refractivity (Wildman–Crippen MR) is 84.3 cm³/mol. The van der Waals surface area contributed by atoms with Gasteiger partial charge in [-0.3, -0.25) is 0 Å². The Labute approximate surface area is 135 Å². The van der Waals surface area contributed by atoms with Crippen LogP contribution in [0.15, 0.2) is 42.5 Å². The van der Waals surface area contributed by atoms with Gasteiger partial charge in [0.1, 0.15) is 18.1 Å². The maximum atomic E-state index is 9.20. The summed E-state index contributed by atoms with van der Waals surface area (Å²) in [5.74, 6) is 1.50. The Bertz CT molecular complexity index is 656. The molecular formula is C18H20O5. The van der Waals surface area contributed by atoms with Gasteiger partial charge in [0.25, 0.3) is 0 Å². The van der Waals surface area contributed by atoms with Gasteiger partial charge in [0.05, 0.1) is 25.4 Å². The first-order valence-electron chi connectivity index (χ1n) is 7.53. The van der Waals surface area contributed by atoms with Crippen LogP contribution in [0.5, 0.6) is 11.5 Å². The Hall–Kier alpha value is -2.08. The Balaban J connectivity index is 1.78. The number of hydrogen-bond acceptors (Lipinski definition) is 5. The normalized spacial score (nSPS) is 16.5. The van der Waals surface area contributed by atoms with Crippen molar-refractivity contribution in [3.63, 3.8) is 0 Å². The Morgan fingerprint density at radius 3 is 2.87 bits per heavy atom. The first kappa shape index (κ1) is 15.8. The first-order valence-corrected chi connectivity index (χ1v) is 7.53. The monoisotopic (exact) mass is 316 g/mol. The molecule has 1 heterocycles. The van der Waals surface area contributed by atoms with Crippen molar-refractivity contribution in [2.24, 2.45) is 0 Å². The summed E-state index contributed by atoms with van der Waals surface area (Å²) in [5.41, 5.74) is 2.63. The molecule has 23 heavy (non-hydrogen) atoms. The lowest BCUT2D eigenvalue weighted by atomic mass is 10.1. The number of ether oxygens (including phenoxy) is 4. The van der Waals surface area contributed by atoms with E-state index in [1.807, 2.05) is 42.5 Å². The molecule has 0 aliphatic carbocycles. The van der Waals surface area contributed by atoms with E-state index < -0.39 is 6.29 Å². The number of fused-ring (bicyclic) bond motifs is 1. The first-order chi connectivity index (χ1) is 11.3. The van der Waals surface area contributed by atoms with Crippen LogP contribution >= 0.6 is 0 Å². The standard InChI is InChI=1S/C18H20O5/c1-20-8-9-21-17-5-3-2-4-15(17)18-22-12-14-10-13(11-19)6-7-16(14)23-18/h2-7,10,18-19H,8-9,11-12H2,1H3. The molecule has 1 unspecified atom stereocenters. The molecule has 0 saturated carbocycles. The van der Waals surface area contributed by atoms with Gasteiger partial charge in [0.15, 0.2) is 0 Å². The highest BCUT2D eigenvalue weighted by Gasteiger charge is 2.24. The quantitative estimate of drug-likeness (QED) is 0.831. The van der Waals surface area contributed by atoms with E-state index in [9.17, 15) is 5.11 Å². The van der Waals surface area contributed by atoms with E-state index >= 15 is 0 Å². The number of rotatable bonds is 6. The third-order valence-electron chi connectivity index (χ3n) is 3.65. The Kier molecular flexibility index (Phi) is 5.12. The van der Waals surface area contributed by atoms with Gasteiger partial charge in [-0.15, -0.1) is 0 Å². The van der Waals surface area contributed by atoms with Crippen molar-refractivity contribution in [1.82, 2.24) is 0 Å². The Morgan fingerprint density at radius 1 is 1.17 bits per heavy atom. The number of methoxy groups -OCH3 is 1. The van der Waals surface area contributed by atoms with Gasteiger partial charge in [-0.25, -0.2) is 0 Å². The van der Waals surface area contributed by atoms with Gasteiger partial charge in [-0.1, -0.05) is 18.2 Å². The third kappa shape index (κ3) is 3.64. The maximum absolute atomic E-state index is 9.20. The predicted octanol–water partition coefficient (Wildman–Crippen LogP) is 2.81. The van der Waals surface area contributed by atoms with Crippen molar-refractivity contribution in [3.05, 3.63) is 59.2 Å². The zero-order chi connectivity index (χ0) is 16.1. The largest absolute Gasteiger partial charge is 0.491 e. The molecule has 0 saturated heterocycles. The van der Waals surface area contributed by atoms with Crippen LogP contribution in [-0.2, 0) is 22.7 Å². The van der Waals surface area contributed by atoms with E-state index in [0.29, 0.717) is 19.8 Å². The van der Waals surface area contributed by atoms with Crippen LogP contribution in [0.3, 0.4) is 0 Å². The minimum Gasteiger partial charge on any atom is -0.491 e. The zero-order valence-electron chi connectivity index (χ0n) is 13.0. The van der Waals surface area contributed by atoms with Crippen LogP contribution < -0.4 is 9.47 Å². The van der Waals surface area contributed by atoms with Crippen molar-refractivity contribution >= 4 is 0 Å². The minimum absolute atomic E-state index is 0.00683. The molecule has 2 aromatic rings. The zero-order valence-corrected chi connectivity index (χ0v) is 13.0. The minimum atomic E-state index is -0.513. The molecule has 0 amide bonds. The molecule has 0 fully saturated rings. The van der Waals surface area contributed by atoms with Gasteiger partial charge in [-0.2, -0.15) is 0 Å². The van der Waals surface area contributed by atoms with E-state index in [1.165, 1.54) is 0 Å².